The van der Waals surface area contributed by atoms with Crippen molar-refractivity contribution in [1.29, 1.82) is 0 Å². The molecular weight excluding hydrogens is 361 g/mol. The fourth-order valence-corrected chi connectivity index (χ4v) is 2.45. The van der Waals surface area contributed by atoms with Gasteiger partial charge in [0.1, 0.15) is 5.82 Å². The van der Waals surface area contributed by atoms with Crippen molar-refractivity contribution in [2.75, 3.05) is 5.32 Å². The van der Waals surface area contributed by atoms with Gasteiger partial charge in [-0.05, 0) is 52.2 Å². The summed E-state index contributed by atoms with van der Waals surface area (Å²) >= 11 is 6.75. The van der Waals surface area contributed by atoms with E-state index in [9.17, 15) is 4.39 Å². The SMILES string of the molecule is Cc1c(Br)cccc1NCc1cccc(F)c1Br. The van der Waals surface area contributed by atoms with E-state index < -0.39 is 0 Å². The van der Waals surface area contributed by atoms with Crippen molar-refractivity contribution in [2.45, 2.75) is 13.5 Å². The first-order valence-electron chi connectivity index (χ1n) is 5.51. The highest BCUT2D eigenvalue weighted by molar-refractivity contribution is 9.10. The molecule has 1 nitrogen and oxygen atoms in total. The zero-order chi connectivity index (χ0) is 13.1. The lowest BCUT2D eigenvalue weighted by atomic mass is 10.1. The van der Waals surface area contributed by atoms with Crippen molar-refractivity contribution in [3.8, 4) is 0 Å². The zero-order valence-electron chi connectivity index (χ0n) is 9.81. The van der Waals surface area contributed by atoms with Crippen LogP contribution in [-0.2, 0) is 6.54 Å². The first-order valence-corrected chi connectivity index (χ1v) is 7.10. The third-order valence-corrected chi connectivity index (χ3v) is 4.52. The number of nitrogens with one attached hydrogen (secondary N) is 1. The van der Waals surface area contributed by atoms with Crippen LogP contribution < -0.4 is 5.32 Å². The summed E-state index contributed by atoms with van der Waals surface area (Å²) in [5.74, 6) is -0.236. The lowest BCUT2D eigenvalue weighted by Crippen LogP contribution is -2.02. The van der Waals surface area contributed by atoms with Gasteiger partial charge < -0.3 is 5.32 Å². The van der Waals surface area contributed by atoms with Gasteiger partial charge in [0.15, 0.2) is 0 Å². The third-order valence-electron chi connectivity index (χ3n) is 2.77. The molecule has 0 aliphatic rings. The van der Waals surface area contributed by atoms with Crippen molar-refractivity contribution in [3.05, 3.63) is 62.3 Å². The van der Waals surface area contributed by atoms with E-state index in [1.165, 1.54) is 6.07 Å². The summed E-state index contributed by atoms with van der Waals surface area (Å²) in [5, 5.41) is 3.31. The lowest BCUT2D eigenvalue weighted by molar-refractivity contribution is 0.618. The number of anilines is 1. The maximum atomic E-state index is 13.4. The highest BCUT2D eigenvalue weighted by Gasteiger charge is 2.06. The summed E-state index contributed by atoms with van der Waals surface area (Å²) in [7, 11) is 0. The number of rotatable bonds is 3. The van der Waals surface area contributed by atoms with Gasteiger partial charge in [0.05, 0.1) is 4.47 Å². The van der Waals surface area contributed by atoms with Crippen LogP contribution >= 0.6 is 31.9 Å². The Hall–Kier alpha value is -0.870. The van der Waals surface area contributed by atoms with Gasteiger partial charge in [0, 0.05) is 16.7 Å². The van der Waals surface area contributed by atoms with Crippen LogP contribution in [0.1, 0.15) is 11.1 Å². The van der Waals surface area contributed by atoms with Gasteiger partial charge >= 0.3 is 0 Å². The molecule has 0 atom stereocenters. The topological polar surface area (TPSA) is 12.0 Å². The van der Waals surface area contributed by atoms with Crippen LogP contribution in [0.3, 0.4) is 0 Å². The first-order chi connectivity index (χ1) is 8.59. The van der Waals surface area contributed by atoms with Crippen molar-refractivity contribution in [2.24, 2.45) is 0 Å². The van der Waals surface area contributed by atoms with Crippen LogP contribution in [0.5, 0.6) is 0 Å². The van der Waals surface area contributed by atoms with E-state index in [2.05, 4.69) is 37.2 Å². The molecule has 18 heavy (non-hydrogen) atoms. The van der Waals surface area contributed by atoms with Crippen molar-refractivity contribution < 1.29 is 4.39 Å². The number of benzene rings is 2. The van der Waals surface area contributed by atoms with E-state index in [1.807, 2.05) is 31.2 Å². The second kappa shape index (κ2) is 5.85. The van der Waals surface area contributed by atoms with Gasteiger partial charge in [-0.25, -0.2) is 4.39 Å². The lowest BCUT2D eigenvalue weighted by Gasteiger charge is -2.12. The molecule has 0 saturated heterocycles. The summed E-state index contributed by atoms with van der Waals surface area (Å²) in [6.45, 7) is 2.61. The van der Waals surface area contributed by atoms with Gasteiger partial charge in [-0.15, -0.1) is 0 Å². The highest BCUT2D eigenvalue weighted by atomic mass is 79.9. The van der Waals surface area contributed by atoms with Gasteiger partial charge in [0.2, 0.25) is 0 Å². The maximum absolute atomic E-state index is 13.4. The largest absolute Gasteiger partial charge is 0.381 e. The minimum absolute atomic E-state index is 0.236. The molecule has 0 spiro atoms. The molecule has 0 aliphatic carbocycles. The van der Waals surface area contributed by atoms with Crippen LogP contribution in [0.15, 0.2) is 45.3 Å². The molecule has 2 aromatic carbocycles. The Labute approximate surface area is 123 Å². The molecule has 2 aromatic rings. The molecule has 0 heterocycles. The monoisotopic (exact) mass is 371 g/mol. The minimum Gasteiger partial charge on any atom is -0.381 e. The predicted octanol–water partition coefficient (Wildman–Crippen LogP) is 5.27. The summed E-state index contributed by atoms with van der Waals surface area (Å²) in [6.07, 6.45) is 0. The van der Waals surface area contributed by atoms with Gasteiger partial charge in [-0.3, -0.25) is 0 Å². The molecular formula is C14H12Br2FN. The van der Waals surface area contributed by atoms with Crippen LogP contribution in [0.4, 0.5) is 10.1 Å². The fraction of sp³-hybridized carbons (Fsp3) is 0.143. The van der Waals surface area contributed by atoms with E-state index in [0.717, 1.165) is 21.3 Å². The molecule has 0 radical (unpaired) electrons. The van der Waals surface area contributed by atoms with Crippen molar-refractivity contribution >= 4 is 37.5 Å². The summed E-state index contributed by atoms with van der Waals surface area (Å²) in [5.41, 5.74) is 3.08. The fourth-order valence-electron chi connectivity index (χ4n) is 1.67. The number of hydrogen-bond acceptors (Lipinski definition) is 1. The Morgan fingerprint density at radius 1 is 1.11 bits per heavy atom. The second-order valence-corrected chi connectivity index (χ2v) is 5.63. The van der Waals surface area contributed by atoms with E-state index in [1.54, 1.807) is 6.07 Å². The Kier molecular flexibility index (Phi) is 4.40. The minimum atomic E-state index is -0.236. The Balaban J connectivity index is 2.17. The number of hydrogen-bond donors (Lipinski definition) is 1. The van der Waals surface area contributed by atoms with Crippen LogP contribution in [0, 0.1) is 12.7 Å². The number of halogens is 3. The Bertz CT molecular complexity index is 518. The molecule has 94 valence electrons. The normalized spacial score (nSPS) is 10.4. The molecule has 0 bridgehead atoms. The van der Waals surface area contributed by atoms with Gasteiger partial charge in [-0.2, -0.15) is 0 Å². The van der Waals surface area contributed by atoms with Crippen molar-refractivity contribution in [3.63, 3.8) is 0 Å². The van der Waals surface area contributed by atoms with Crippen LogP contribution in [-0.4, -0.2) is 0 Å². The van der Waals surface area contributed by atoms with E-state index in [0.29, 0.717) is 11.0 Å². The van der Waals surface area contributed by atoms with E-state index >= 15 is 0 Å². The molecule has 0 amide bonds. The van der Waals surface area contributed by atoms with Gasteiger partial charge in [0.25, 0.3) is 0 Å². The smallest absolute Gasteiger partial charge is 0.137 e. The molecule has 0 fully saturated rings. The standard InChI is InChI=1S/C14H12Br2FN/c1-9-11(15)5-3-7-13(9)18-8-10-4-2-6-12(17)14(10)16/h2-7,18H,8H2,1H3. The van der Waals surface area contributed by atoms with E-state index in [-0.39, 0.29) is 5.82 Å². The summed E-state index contributed by atoms with van der Waals surface area (Å²) in [6, 6.07) is 11.0. The molecule has 0 aliphatic heterocycles. The molecule has 4 heteroatoms. The van der Waals surface area contributed by atoms with E-state index in [4.69, 9.17) is 0 Å². The third kappa shape index (κ3) is 2.93. The zero-order valence-corrected chi connectivity index (χ0v) is 13.0. The molecule has 0 aromatic heterocycles. The maximum Gasteiger partial charge on any atom is 0.137 e. The van der Waals surface area contributed by atoms with Crippen LogP contribution in [0.25, 0.3) is 0 Å². The average Bonchev–Trinajstić information content (AvgIpc) is 2.36. The predicted molar refractivity (Wildman–Crippen MR) is 80.3 cm³/mol. The quantitative estimate of drug-likeness (QED) is 0.773. The Morgan fingerprint density at radius 2 is 1.83 bits per heavy atom. The van der Waals surface area contributed by atoms with Crippen LogP contribution in [0.2, 0.25) is 0 Å². The average molecular weight is 373 g/mol. The second-order valence-electron chi connectivity index (χ2n) is 3.98. The van der Waals surface area contributed by atoms with Gasteiger partial charge in [-0.1, -0.05) is 34.1 Å². The van der Waals surface area contributed by atoms with Crippen molar-refractivity contribution in [1.82, 2.24) is 0 Å². The highest BCUT2D eigenvalue weighted by Crippen LogP contribution is 2.25. The molecule has 0 unspecified atom stereocenters. The molecule has 0 saturated carbocycles. The molecule has 2 rings (SSSR count). The summed E-state index contributed by atoms with van der Waals surface area (Å²) < 4.78 is 14.9. The molecule has 1 N–H and O–H groups in total. The Morgan fingerprint density at radius 3 is 2.61 bits per heavy atom. The summed E-state index contributed by atoms with van der Waals surface area (Å²) in [4.78, 5) is 0. The first kappa shape index (κ1) is 13.6.